The summed E-state index contributed by atoms with van der Waals surface area (Å²) in [4.78, 5) is 12.5. The molecule has 0 aromatic heterocycles. The molecule has 3 aromatic carbocycles. The average Bonchev–Trinajstić information content (AvgIpc) is 2.83. The smallest absolute Gasteiger partial charge is 0.271 e. The summed E-state index contributed by atoms with van der Waals surface area (Å²) in [6.45, 7) is 4.32. The zero-order valence-electron chi connectivity index (χ0n) is 17.9. The van der Waals surface area contributed by atoms with Crippen molar-refractivity contribution in [3.05, 3.63) is 99.5 Å². The summed E-state index contributed by atoms with van der Waals surface area (Å²) >= 11 is 9.55. The summed E-state index contributed by atoms with van der Waals surface area (Å²) in [5.41, 5.74) is 4.51. The van der Waals surface area contributed by atoms with Crippen LogP contribution >= 0.6 is 27.5 Å². The van der Waals surface area contributed by atoms with Crippen molar-refractivity contribution in [1.29, 1.82) is 0 Å². The third-order valence-corrected chi connectivity index (χ3v) is 5.20. The Morgan fingerprint density at radius 2 is 1.82 bits per heavy atom. The Bertz CT molecular complexity index is 1150. The predicted octanol–water partition coefficient (Wildman–Crippen LogP) is 6.02. The van der Waals surface area contributed by atoms with E-state index in [4.69, 9.17) is 25.8 Å². The summed E-state index contributed by atoms with van der Waals surface area (Å²) in [6.07, 6.45) is 3.11. The van der Waals surface area contributed by atoms with Crippen molar-refractivity contribution in [3.63, 3.8) is 0 Å². The number of amides is 1. The molecule has 6 nitrogen and oxygen atoms in total. The van der Waals surface area contributed by atoms with Crippen LogP contribution in [0.1, 0.15) is 21.5 Å². The van der Waals surface area contributed by atoms with E-state index in [1.807, 2.05) is 24.3 Å². The number of rotatable bonds is 10. The van der Waals surface area contributed by atoms with E-state index >= 15 is 0 Å². The van der Waals surface area contributed by atoms with E-state index in [0.717, 1.165) is 10.0 Å². The molecule has 8 heteroatoms. The number of benzene rings is 3. The first kappa shape index (κ1) is 24.4. The zero-order valence-corrected chi connectivity index (χ0v) is 20.2. The van der Waals surface area contributed by atoms with Gasteiger partial charge in [-0.1, -0.05) is 52.3 Å². The molecule has 3 aromatic rings. The van der Waals surface area contributed by atoms with E-state index in [1.165, 1.54) is 13.3 Å². The van der Waals surface area contributed by atoms with Crippen LogP contribution in [0.2, 0.25) is 5.02 Å². The number of hydrogen-bond donors (Lipinski definition) is 1. The van der Waals surface area contributed by atoms with E-state index in [-0.39, 0.29) is 0 Å². The van der Waals surface area contributed by atoms with Crippen LogP contribution in [0, 0.1) is 0 Å². The highest BCUT2D eigenvalue weighted by Crippen LogP contribution is 2.28. The summed E-state index contributed by atoms with van der Waals surface area (Å²) in [5, 5.41) is 4.59. The van der Waals surface area contributed by atoms with E-state index < -0.39 is 5.91 Å². The first-order valence-electron chi connectivity index (χ1n) is 9.92. The lowest BCUT2D eigenvalue weighted by atomic mass is 10.2. The number of carbonyl (C=O) groups is 1. The molecule has 3 rings (SSSR count). The van der Waals surface area contributed by atoms with Crippen LogP contribution in [0.4, 0.5) is 0 Å². The molecule has 0 bridgehead atoms. The van der Waals surface area contributed by atoms with Gasteiger partial charge in [0.15, 0.2) is 11.5 Å². The Morgan fingerprint density at radius 1 is 1.06 bits per heavy atom. The number of nitrogens with zero attached hydrogens (tertiary/aromatic N) is 1. The molecular weight excluding hydrogens is 508 g/mol. The first-order chi connectivity index (χ1) is 16.0. The third kappa shape index (κ3) is 7.10. The largest absolute Gasteiger partial charge is 0.493 e. The van der Waals surface area contributed by atoms with Gasteiger partial charge in [0.2, 0.25) is 0 Å². The molecule has 0 spiro atoms. The molecule has 0 fully saturated rings. The number of hydrogen-bond acceptors (Lipinski definition) is 5. The SMILES string of the molecule is C=CCOc1ccc(C(=O)N/N=C/c2cc(Cl)ccc2OCc2ccc(Br)cc2)cc1OC. The van der Waals surface area contributed by atoms with Gasteiger partial charge in [-0.15, -0.1) is 0 Å². The number of nitrogens with one attached hydrogen (secondary N) is 1. The van der Waals surface area contributed by atoms with Gasteiger partial charge in [0.1, 0.15) is 19.0 Å². The highest BCUT2D eigenvalue weighted by molar-refractivity contribution is 9.10. The predicted molar refractivity (Wildman–Crippen MR) is 134 cm³/mol. The molecule has 1 amide bonds. The van der Waals surface area contributed by atoms with Crippen LogP contribution < -0.4 is 19.6 Å². The molecule has 0 heterocycles. The van der Waals surface area contributed by atoms with Crippen LogP contribution in [-0.4, -0.2) is 25.8 Å². The van der Waals surface area contributed by atoms with Gasteiger partial charge in [-0.2, -0.15) is 5.10 Å². The summed E-state index contributed by atoms with van der Waals surface area (Å²) in [6, 6.07) is 17.9. The Kier molecular flexibility index (Phi) is 8.92. The van der Waals surface area contributed by atoms with Gasteiger partial charge < -0.3 is 14.2 Å². The second-order valence-corrected chi connectivity index (χ2v) is 8.11. The molecule has 0 aliphatic rings. The van der Waals surface area contributed by atoms with Crippen molar-refractivity contribution in [2.45, 2.75) is 6.61 Å². The van der Waals surface area contributed by atoms with Gasteiger partial charge >= 0.3 is 0 Å². The Labute approximate surface area is 205 Å². The number of ether oxygens (including phenoxy) is 3. The lowest BCUT2D eigenvalue weighted by Crippen LogP contribution is -2.17. The Balaban J connectivity index is 1.68. The van der Waals surface area contributed by atoms with Crippen LogP contribution in [0.3, 0.4) is 0 Å². The summed E-state index contributed by atoms with van der Waals surface area (Å²) < 4.78 is 17.7. The molecular formula is C25H22BrClN2O4. The molecule has 1 N–H and O–H groups in total. The first-order valence-corrected chi connectivity index (χ1v) is 11.1. The minimum absolute atomic E-state index is 0.331. The Hall–Kier alpha value is -3.29. The van der Waals surface area contributed by atoms with Crippen LogP contribution in [0.5, 0.6) is 17.2 Å². The molecule has 0 unspecified atom stereocenters. The maximum atomic E-state index is 12.5. The highest BCUT2D eigenvalue weighted by Gasteiger charge is 2.11. The topological polar surface area (TPSA) is 69.2 Å². The average molecular weight is 530 g/mol. The number of halogens is 2. The molecule has 0 saturated heterocycles. The molecule has 0 aliphatic carbocycles. The summed E-state index contributed by atoms with van der Waals surface area (Å²) in [5.74, 6) is 1.14. The van der Waals surface area contributed by atoms with Gasteiger partial charge in [0.05, 0.1) is 13.3 Å². The van der Waals surface area contributed by atoms with Crippen molar-refractivity contribution in [2.75, 3.05) is 13.7 Å². The minimum Gasteiger partial charge on any atom is -0.493 e. The van der Waals surface area contributed by atoms with Crippen molar-refractivity contribution in [1.82, 2.24) is 5.43 Å². The van der Waals surface area contributed by atoms with Crippen molar-refractivity contribution < 1.29 is 19.0 Å². The number of carbonyl (C=O) groups excluding carboxylic acids is 1. The van der Waals surface area contributed by atoms with Crippen molar-refractivity contribution in [2.24, 2.45) is 5.10 Å². The van der Waals surface area contributed by atoms with Crippen LogP contribution in [0.15, 0.2) is 82.9 Å². The van der Waals surface area contributed by atoms with Crippen molar-refractivity contribution >= 4 is 39.7 Å². The normalized spacial score (nSPS) is 10.6. The zero-order chi connectivity index (χ0) is 23.6. The minimum atomic E-state index is -0.404. The molecule has 0 radical (unpaired) electrons. The van der Waals surface area contributed by atoms with E-state index in [1.54, 1.807) is 42.5 Å². The fourth-order valence-electron chi connectivity index (χ4n) is 2.80. The number of methoxy groups -OCH3 is 1. The standard InChI is InChI=1S/C25H22BrClN2O4/c1-3-12-32-23-10-6-18(14-24(23)31-2)25(30)29-28-15-19-13-21(27)9-11-22(19)33-16-17-4-7-20(26)8-5-17/h3-11,13-15H,1,12,16H2,2H3,(H,29,30)/b28-15+. The maximum absolute atomic E-state index is 12.5. The van der Waals surface area contributed by atoms with E-state index in [9.17, 15) is 4.79 Å². The molecule has 0 atom stereocenters. The van der Waals surface area contributed by atoms with Gasteiger partial charge in [-0.3, -0.25) is 4.79 Å². The monoisotopic (exact) mass is 528 g/mol. The fourth-order valence-corrected chi connectivity index (χ4v) is 3.24. The fraction of sp³-hybridized carbons (Fsp3) is 0.120. The second kappa shape index (κ2) is 12.1. The third-order valence-electron chi connectivity index (χ3n) is 4.43. The lowest BCUT2D eigenvalue weighted by Gasteiger charge is -2.11. The highest BCUT2D eigenvalue weighted by atomic mass is 79.9. The molecule has 170 valence electrons. The second-order valence-electron chi connectivity index (χ2n) is 6.76. The van der Waals surface area contributed by atoms with Gasteiger partial charge in [-0.05, 0) is 54.1 Å². The van der Waals surface area contributed by atoms with E-state index in [0.29, 0.717) is 46.6 Å². The number of hydrazone groups is 1. The van der Waals surface area contributed by atoms with Crippen LogP contribution in [0.25, 0.3) is 0 Å². The van der Waals surface area contributed by atoms with E-state index in [2.05, 4.69) is 33.0 Å². The Morgan fingerprint density at radius 3 is 2.55 bits per heavy atom. The molecule has 33 heavy (non-hydrogen) atoms. The van der Waals surface area contributed by atoms with Crippen molar-refractivity contribution in [3.8, 4) is 17.2 Å². The maximum Gasteiger partial charge on any atom is 0.271 e. The lowest BCUT2D eigenvalue weighted by molar-refractivity contribution is 0.0954. The molecule has 0 saturated carbocycles. The molecule has 0 aliphatic heterocycles. The van der Waals surface area contributed by atoms with Crippen LogP contribution in [-0.2, 0) is 6.61 Å². The van der Waals surface area contributed by atoms with Gasteiger partial charge in [0, 0.05) is 20.6 Å². The van der Waals surface area contributed by atoms with Gasteiger partial charge in [0.25, 0.3) is 5.91 Å². The quantitative estimate of drug-likeness (QED) is 0.198. The summed E-state index contributed by atoms with van der Waals surface area (Å²) in [7, 11) is 1.50. The van der Waals surface area contributed by atoms with Gasteiger partial charge in [-0.25, -0.2) is 5.43 Å².